The monoisotopic (exact) mass is 591 g/mol. The number of rotatable bonds is 9. The Balaban J connectivity index is 1.27. The Morgan fingerprint density at radius 2 is 1.90 bits per heavy atom. The summed E-state index contributed by atoms with van der Waals surface area (Å²) < 4.78 is 20.6. The summed E-state index contributed by atoms with van der Waals surface area (Å²) in [6, 6.07) is 13.8. The molecule has 2 heterocycles. The van der Waals surface area contributed by atoms with Gasteiger partial charge in [-0.25, -0.2) is 4.39 Å². The lowest BCUT2D eigenvalue weighted by Crippen LogP contribution is -2.49. The summed E-state index contributed by atoms with van der Waals surface area (Å²) in [5, 5.41) is 14.8. The van der Waals surface area contributed by atoms with Gasteiger partial charge in [-0.05, 0) is 47.4 Å². The van der Waals surface area contributed by atoms with Gasteiger partial charge < -0.3 is 26.0 Å². The third kappa shape index (κ3) is 5.66. The molecule has 3 aromatic rings. The Bertz CT molecular complexity index is 1560. The Morgan fingerprint density at radius 3 is 2.62 bits per heavy atom. The van der Waals surface area contributed by atoms with Crippen LogP contribution in [0.25, 0.3) is 11.1 Å². The van der Waals surface area contributed by atoms with Crippen LogP contribution >= 0.6 is 11.3 Å². The SMILES string of the molecule is COC[C@@]1(F)C[C@@H](C(=O)N[C@H](C)c2cc(C(=N)N)cs2)N(C(=O)CNC(=O)c2ccc3c(c2)-c2ccccc2C3C)C1. The van der Waals surface area contributed by atoms with Crippen molar-refractivity contribution < 1.29 is 23.5 Å². The lowest BCUT2D eigenvalue weighted by molar-refractivity contribution is -0.138. The van der Waals surface area contributed by atoms with Gasteiger partial charge in [0.25, 0.3) is 5.91 Å². The standard InChI is InChI=1S/C31H34FN5O4S/c1-17-21-6-4-5-7-23(21)24-10-19(8-9-22(17)24)29(39)35-13-27(38)37-15-31(32,16-41-3)12-25(37)30(40)36-18(2)26-11-20(14-42-26)28(33)34/h4-11,14,17-18,25H,12-13,15-16H2,1-3H3,(H3,33,34)(H,35,39)(H,36,40)/t17?,18-,25+,31-/m1/s1. The largest absolute Gasteiger partial charge is 0.384 e. The number of ether oxygens (including phenoxy) is 1. The highest BCUT2D eigenvalue weighted by atomic mass is 32.1. The Hall–Kier alpha value is -4.09. The van der Waals surface area contributed by atoms with Gasteiger partial charge in [0.05, 0.1) is 25.7 Å². The van der Waals surface area contributed by atoms with Crippen LogP contribution in [-0.2, 0) is 14.3 Å². The molecule has 42 heavy (non-hydrogen) atoms. The number of hydrogen-bond donors (Lipinski definition) is 4. The maximum Gasteiger partial charge on any atom is 0.251 e. The number of nitrogens with zero attached hydrogens (tertiary/aromatic N) is 1. The van der Waals surface area contributed by atoms with Gasteiger partial charge in [0.2, 0.25) is 11.8 Å². The van der Waals surface area contributed by atoms with Crippen molar-refractivity contribution in [2.75, 3.05) is 26.8 Å². The van der Waals surface area contributed by atoms with Crippen LogP contribution in [0.2, 0.25) is 0 Å². The fraction of sp³-hybridized carbons (Fsp3) is 0.355. The third-order valence-corrected chi connectivity index (χ3v) is 9.15. The minimum absolute atomic E-state index is 0.0771. The molecule has 1 saturated heterocycles. The number of fused-ring (bicyclic) bond motifs is 3. The molecule has 1 unspecified atom stereocenters. The number of benzene rings is 2. The van der Waals surface area contributed by atoms with Crippen molar-refractivity contribution in [1.29, 1.82) is 5.41 Å². The van der Waals surface area contributed by atoms with E-state index < -0.39 is 42.0 Å². The Morgan fingerprint density at radius 1 is 1.17 bits per heavy atom. The lowest BCUT2D eigenvalue weighted by Gasteiger charge is -2.25. The summed E-state index contributed by atoms with van der Waals surface area (Å²) in [4.78, 5) is 41.6. The van der Waals surface area contributed by atoms with Crippen molar-refractivity contribution in [3.8, 4) is 11.1 Å². The van der Waals surface area contributed by atoms with Crippen molar-refractivity contribution in [2.24, 2.45) is 5.73 Å². The van der Waals surface area contributed by atoms with Crippen LogP contribution in [-0.4, -0.2) is 67.0 Å². The first-order chi connectivity index (χ1) is 20.0. The van der Waals surface area contributed by atoms with Crippen LogP contribution in [0.5, 0.6) is 0 Å². The van der Waals surface area contributed by atoms with Crippen LogP contribution in [0.1, 0.15) is 64.2 Å². The molecule has 2 aliphatic rings. The second kappa shape index (κ2) is 11.7. The molecule has 5 rings (SSSR count). The summed E-state index contributed by atoms with van der Waals surface area (Å²) in [7, 11) is 1.36. The Kier molecular flexibility index (Phi) is 8.16. The van der Waals surface area contributed by atoms with Crippen molar-refractivity contribution in [1.82, 2.24) is 15.5 Å². The van der Waals surface area contributed by atoms with E-state index in [9.17, 15) is 14.4 Å². The molecule has 4 atom stereocenters. The number of carbonyl (C=O) groups excluding carboxylic acids is 3. The lowest BCUT2D eigenvalue weighted by atomic mass is 9.98. The zero-order chi connectivity index (χ0) is 30.2. The second-order valence-corrected chi connectivity index (χ2v) is 11.9. The van der Waals surface area contributed by atoms with Crippen molar-refractivity contribution >= 4 is 34.9 Å². The first-order valence-corrected chi connectivity index (χ1v) is 14.6. The molecule has 0 bridgehead atoms. The van der Waals surface area contributed by atoms with Gasteiger partial charge >= 0.3 is 0 Å². The van der Waals surface area contributed by atoms with Crippen LogP contribution in [0.4, 0.5) is 4.39 Å². The van der Waals surface area contributed by atoms with Crippen molar-refractivity contribution in [3.05, 3.63) is 81.0 Å². The summed E-state index contributed by atoms with van der Waals surface area (Å²) in [5.74, 6) is -1.37. The maximum absolute atomic E-state index is 15.6. The van der Waals surface area contributed by atoms with Crippen molar-refractivity contribution in [3.63, 3.8) is 0 Å². The van der Waals surface area contributed by atoms with Crippen LogP contribution < -0.4 is 16.4 Å². The van der Waals surface area contributed by atoms with E-state index in [-0.39, 0.29) is 31.3 Å². The number of carbonyl (C=O) groups is 3. The molecule has 9 nitrogen and oxygen atoms in total. The number of alkyl halides is 1. The molecule has 1 aromatic heterocycles. The normalized spacial score (nSPS) is 21.4. The van der Waals surface area contributed by atoms with E-state index in [1.54, 1.807) is 24.4 Å². The zero-order valence-corrected chi connectivity index (χ0v) is 24.5. The average molecular weight is 592 g/mol. The second-order valence-electron chi connectivity index (χ2n) is 11.0. The van der Waals surface area contributed by atoms with Gasteiger partial charge in [-0.2, -0.15) is 0 Å². The molecule has 3 amide bonds. The fourth-order valence-electron chi connectivity index (χ4n) is 5.85. The molecule has 220 valence electrons. The van der Waals surface area contributed by atoms with Gasteiger partial charge in [0.1, 0.15) is 11.9 Å². The number of amides is 3. The van der Waals surface area contributed by atoms with Crippen LogP contribution in [0, 0.1) is 5.41 Å². The number of methoxy groups -OCH3 is 1. The number of nitrogens with one attached hydrogen (secondary N) is 3. The number of nitrogen functional groups attached to an aromatic ring is 1. The summed E-state index contributed by atoms with van der Waals surface area (Å²) >= 11 is 1.34. The molecular formula is C31H34FN5O4S. The van der Waals surface area contributed by atoms with E-state index in [0.29, 0.717) is 11.1 Å². The molecule has 5 N–H and O–H groups in total. The predicted octanol–water partition coefficient (Wildman–Crippen LogP) is 3.73. The molecular weight excluding hydrogens is 557 g/mol. The summed E-state index contributed by atoms with van der Waals surface area (Å²) in [6.07, 6.45) is -0.232. The molecule has 0 radical (unpaired) electrons. The molecule has 1 aliphatic heterocycles. The first-order valence-electron chi connectivity index (χ1n) is 13.7. The molecule has 11 heteroatoms. The van der Waals surface area contributed by atoms with Crippen molar-refractivity contribution in [2.45, 2.75) is 43.9 Å². The predicted molar refractivity (Wildman–Crippen MR) is 159 cm³/mol. The third-order valence-electron chi connectivity index (χ3n) is 8.03. The van der Waals surface area contributed by atoms with Gasteiger partial charge in [-0.1, -0.05) is 37.3 Å². The van der Waals surface area contributed by atoms with E-state index in [1.165, 1.54) is 28.9 Å². The average Bonchev–Trinajstić information content (AvgIpc) is 3.67. The highest BCUT2D eigenvalue weighted by molar-refractivity contribution is 7.10. The highest BCUT2D eigenvalue weighted by Crippen LogP contribution is 2.44. The molecule has 0 spiro atoms. The maximum atomic E-state index is 15.6. The van der Waals surface area contributed by atoms with Gasteiger partial charge in [0, 0.05) is 40.8 Å². The number of amidine groups is 1. The van der Waals surface area contributed by atoms with E-state index >= 15 is 4.39 Å². The number of hydrogen-bond acceptors (Lipinski definition) is 6. The minimum atomic E-state index is -1.91. The van der Waals surface area contributed by atoms with E-state index in [0.717, 1.165) is 21.6 Å². The first kappa shape index (κ1) is 29.4. The zero-order valence-electron chi connectivity index (χ0n) is 23.7. The van der Waals surface area contributed by atoms with Gasteiger partial charge in [-0.15, -0.1) is 11.3 Å². The summed E-state index contributed by atoms with van der Waals surface area (Å²) in [5.41, 5.74) is 9.03. The van der Waals surface area contributed by atoms with Crippen LogP contribution in [0.3, 0.4) is 0 Å². The van der Waals surface area contributed by atoms with Gasteiger partial charge in [-0.3, -0.25) is 19.8 Å². The summed E-state index contributed by atoms with van der Waals surface area (Å²) in [6.45, 7) is 2.90. The molecule has 1 aliphatic carbocycles. The number of thiophene rings is 1. The van der Waals surface area contributed by atoms with E-state index in [2.05, 4.69) is 23.6 Å². The van der Waals surface area contributed by atoms with E-state index in [4.69, 9.17) is 15.9 Å². The molecule has 2 aromatic carbocycles. The number of halogens is 1. The topological polar surface area (TPSA) is 138 Å². The highest BCUT2D eigenvalue weighted by Gasteiger charge is 2.49. The smallest absolute Gasteiger partial charge is 0.251 e. The van der Waals surface area contributed by atoms with E-state index in [1.807, 2.05) is 30.3 Å². The molecule has 0 saturated carbocycles. The van der Waals surface area contributed by atoms with Crippen LogP contribution in [0.15, 0.2) is 53.9 Å². The quantitative estimate of drug-likeness (QED) is 0.222. The molecule has 1 fully saturated rings. The number of likely N-dealkylation sites (tertiary alicyclic amines) is 1. The minimum Gasteiger partial charge on any atom is -0.384 e. The fourth-order valence-corrected chi connectivity index (χ4v) is 6.77. The Labute approximate surface area is 247 Å². The number of nitrogens with two attached hydrogens (primary N) is 1. The van der Waals surface area contributed by atoms with Gasteiger partial charge in [0.15, 0.2) is 5.67 Å².